The number of aromatic nitrogens is 2. The monoisotopic (exact) mass is 301 g/mol. The molecule has 1 aliphatic rings. The summed E-state index contributed by atoms with van der Waals surface area (Å²) in [7, 11) is 2.08. The summed E-state index contributed by atoms with van der Waals surface area (Å²) in [4.78, 5) is 16.2. The van der Waals surface area contributed by atoms with Gasteiger partial charge in [-0.15, -0.1) is 10.2 Å². The van der Waals surface area contributed by atoms with Gasteiger partial charge in [0, 0.05) is 32.7 Å². The molecular weight excluding hydrogens is 282 g/mol. The van der Waals surface area contributed by atoms with E-state index in [0.29, 0.717) is 5.75 Å². The fraction of sp³-hybridized carbons (Fsp3) is 0.727. The summed E-state index contributed by atoms with van der Waals surface area (Å²) in [5.41, 5.74) is 0. The van der Waals surface area contributed by atoms with Crippen LogP contribution in [0, 0.1) is 0 Å². The van der Waals surface area contributed by atoms with E-state index in [1.807, 2.05) is 11.8 Å². The van der Waals surface area contributed by atoms with Gasteiger partial charge >= 0.3 is 0 Å². The zero-order chi connectivity index (χ0) is 13.7. The Bertz CT molecular complexity index is 417. The molecule has 0 saturated carbocycles. The van der Waals surface area contributed by atoms with Gasteiger partial charge in [-0.05, 0) is 14.0 Å². The quantitative estimate of drug-likeness (QED) is 0.813. The summed E-state index contributed by atoms with van der Waals surface area (Å²) < 4.78 is 0.846. The minimum Gasteiger partial charge on any atom is -0.360 e. The Hall–Kier alpha value is -0.860. The highest BCUT2D eigenvalue weighted by atomic mass is 32.2. The molecule has 106 valence electrons. The first-order valence-electron chi connectivity index (χ1n) is 6.35. The van der Waals surface area contributed by atoms with Crippen LogP contribution in [0.3, 0.4) is 0 Å². The Morgan fingerprint density at radius 1 is 1.37 bits per heavy atom. The standard InChI is InChI=1S/C11H19N5OS2/c1-3-12-10-13-14-11(19-10)18-8-9(17)16-6-4-15(2)5-7-16/h3-8H2,1-2H3,(H,12,13). The minimum absolute atomic E-state index is 0.193. The van der Waals surface area contributed by atoms with Crippen LogP contribution in [0.4, 0.5) is 5.13 Å². The van der Waals surface area contributed by atoms with Crippen molar-refractivity contribution < 1.29 is 4.79 Å². The van der Waals surface area contributed by atoms with Crippen LogP contribution in [0.25, 0.3) is 0 Å². The molecule has 1 aliphatic heterocycles. The number of piperazine rings is 1. The Kier molecular flexibility index (Phi) is 5.41. The maximum absolute atomic E-state index is 12.0. The van der Waals surface area contributed by atoms with Gasteiger partial charge in [0.1, 0.15) is 0 Å². The summed E-state index contributed by atoms with van der Waals surface area (Å²) in [6, 6.07) is 0. The van der Waals surface area contributed by atoms with Gasteiger partial charge in [-0.2, -0.15) is 0 Å². The van der Waals surface area contributed by atoms with Crippen molar-refractivity contribution in [3.8, 4) is 0 Å². The van der Waals surface area contributed by atoms with Crippen molar-refractivity contribution in [3.05, 3.63) is 0 Å². The molecular formula is C11H19N5OS2. The number of hydrogen-bond donors (Lipinski definition) is 1. The third kappa shape index (κ3) is 4.32. The largest absolute Gasteiger partial charge is 0.360 e. The van der Waals surface area contributed by atoms with E-state index in [1.165, 1.54) is 23.1 Å². The van der Waals surface area contributed by atoms with E-state index >= 15 is 0 Å². The average Bonchev–Trinajstić information content (AvgIpc) is 2.85. The molecule has 8 heteroatoms. The number of amides is 1. The Balaban J connectivity index is 1.76. The average molecular weight is 301 g/mol. The number of hydrogen-bond acceptors (Lipinski definition) is 7. The number of anilines is 1. The van der Waals surface area contributed by atoms with E-state index in [-0.39, 0.29) is 5.91 Å². The molecule has 1 aromatic heterocycles. The molecule has 0 aromatic carbocycles. The molecule has 0 bridgehead atoms. The minimum atomic E-state index is 0.193. The molecule has 0 atom stereocenters. The summed E-state index contributed by atoms with van der Waals surface area (Å²) in [5.74, 6) is 0.642. The van der Waals surface area contributed by atoms with Gasteiger partial charge in [0.05, 0.1) is 5.75 Å². The van der Waals surface area contributed by atoms with Crippen LogP contribution in [-0.2, 0) is 4.79 Å². The van der Waals surface area contributed by atoms with Crippen LogP contribution in [-0.4, -0.2) is 71.4 Å². The molecule has 19 heavy (non-hydrogen) atoms. The highest BCUT2D eigenvalue weighted by Gasteiger charge is 2.19. The van der Waals surface area contributed by atoms with Crippen LogP contribution in [0.15, 0.2) is 4.34 Å². The van der Waals surface area contributed by atoms with Crippen LogP contribution in [0.1, 0.15) is 6.92 Å². The lowest BCUT2D eigenvalue weighted by Crippen LogP contribution is -2.47. The topological polar surface area (TPSA) is 61.4 Å². The van der Waals surface area contributed by atoms with Crippen molar-refractivity contribution >= 4 is 34.1 Å². The maximum atomic E-state index is 12.0. The van der Waals surface area contributed by atoms with Crippen molar-refractivity contribution in [3.63, 3.8) is 0 Å². The number of rotatable bonds is 5. The molecule has 6 nitrogen and oxygen atoms in total. The Morgan fingerprint density at radius 3 is 2.79 bits per heavy atom. The SMILES string of the molecule is CCNc1nnc(SCC(=O)N2CCN(C)CC2)s1. The summed E-state index contributed by atoms with van der Waals surface area (Å²) in [6.45, 7) is 6.42. The lowest BCUT2D eigenvalue weighted by Gasteiger charge is -2.32. The van der Waals surface area contributed by atoms with E-state index in [2.05, 4.69) is 27.5 Å². The van der Waals surface area contributed by atoms with Gasteiger partial charge in [-0.25, -0.2) is 0 Å². The molecule has 0 unspecified atom stereocenters. The van der Waals surface area contributed by atoms with Crippen molar-refractivity contribution in [1.82, 2.24) is 20.0 Å². The molecule has 1 N–H and O–H groups in total. The van der Waals surface area contributed by atoms with E-state index < -0.39 is 0 Å². The van der Waals surface area contributed by atoms with E-state index in [4.69, 9.17) is 0 Å². The van der Waals surface area contributed by atoms with E-state index in [1.54, 1.807) is 0 Å². The lowest BCUT2D eigenvalue weighted by molar-refractivity contribution is -0.129. The van der Waals surface area contributed by atoms with Gasteiger partial charge in [0.2, 0.25) is 11.0 Å². The molecule has 2 rings (SSSR count). The molecule has 1 aromatic rings. The van der Waals surface area contributed by atoms with E-state index in [9.17, 15) is 4.79 Å². The molecule has 0 spiro atoms. The molecule has 1 amide bonds. The fourth-order valence-electron chi connectivity index (χ4n) is 1.76. The van der Waals surface area contributed by atoms with Crippen molar-refractivity contribution in [2.24, 2.45) is 0 Å². The highest BCUT2D eigenvalue weighted by molar-refractivity contribution is 8.01. The van der Waals surface area contributed by atoms with Gasteiger partial charge in [-0.3, -0.25) is 4.79 Å². The van der Waals surface area contributed by atoms with Crippen molar-refractivity contribution in [2.75, 3.05) is 50.8 Å². The predicted octanol–water partition coefficient (Wildman–Crippen LogP) is 0.836. The molecule has 1 saturated heterocycles. The highest BCUT2D eigenvalue weighted by Crippen LogP contribution is 2.25. The van der Waals surface area contributed by atoms with Gasteiger partial charge in [-0.1, -0.05) is 23.1 Å². The number of likely N-dealkylation sites (N-methyl/N-ethyl adjacent to an activating group) is 1. The Labute approximate surface area is 121 Å². The third-order valence-electron chi connectivity index (χ3n) is 2.91. The number of carbonyl (C=O) groups excluding carboxylic acids is 1. The normalized spacial score (nSPS) is 16.6. The number of carbonyl (C=O) groups is 1. The first kappa shape index (κ1) is 14.5. The summed E-state index contributed by atoms with van der Waals surface area (Å²) >= 11 is 2.97. The lowest BCUT2D eigenvalue weighted by atomic mass is 10.3. The summed E-state index contributed by atoms with van der Waals surface area (Å²) in [6.07, 6.45) is 0. The number of nitrogens with zero attached hydrogens (tertiary/aromatic N) is 4. The van der Waals surface area contributed by atoms with Crippen LogP contribution < -0.4 is 5.32 Å². The third-order valence-corrected chi connectivity index (χ3v) is 4.91. The first-order chi connectivity index (χ1) is 9.19. The molecule has 0 radical (unpaired) electrons. The number of thioether (sulfide) groups is 1. The van der Waals surface area contributed by atoms with Crippen LogP contribution in [0.2, 0.25) is 0 Å². The molecule has 0 aliphatic carbocycles. The predicted molar refractivity (Wildman–Crippen MR) is 78.9 cm³/mol. The van der Waals surface area contributed by atoms with E-state index in [0.717, 1.165) is 42.2 Å². The first-order valence-corrected chi connectivity index (χ1v) is 8.15. The van der Waals surface area contributed by atoms with Crippen molar-refractivity contribution in [2.45, 2.75) is 11.3 Å². The molecule has 2 heterocycles. The number of nitrogens with one attached hydrogen (secondary N) is 1. The zero-order valence-corrected chi connectivity index (χ0v) is 12.9. The van der Waals surface area contributed by atoms with Crippen LogP contribution in [0.5, 0.6) is 0 Å². The molecule has 1 fully saturated rings. The van der Waals surface area contributed by atoms with Crippen LogP contribution >= 0.6 is 23.1 Å². The smallest absolute Gasteiger partial charge is 0.233 e. The fourth-order valence-corrected chi connectivity index (χ4v) is 3.48. The van der Waals surface area contributed by atoms with Gasteiger partial charge < -0.3 is 15.1 Å². The zero-order valence-electron chi connectivity index (χ0n) is 11.3. The Morgan fingerprint density at radius 2 is 2.11 bits per heavy atom. The maximum Gasteiger partial charge on any atom is 0.233 e. The second-order valence-corrected chi connectivity index (χ2v) is 6.58. The van der Waals surface area contributed by atoms with Gasteiger partial charge in [0.25, 0.3) is 0 Å². The summed E-state index contributed by atoms with van der Waals surface area (Å²) in [5, 5.41) is 12.0. The second kappa shape index (κ2) is 7.06. The second-order valence-electron chi connectivity index (χ2n) is 4.38. The van der Waals surface area contributed by atoms with Crippen molar-refractivity contribution in [1.29, 1.82) is 0 Å². The van der Waals surface area contributed by atoms with Gasteiger partial charge in [0.15, 0.2) is 4.34 Å².